The van der Waals surface area contributed by atoms with Crippen molar-refractivity contribution >= 4 is 11.6 Å². The lowest BCUT2D eigenvalue weighted by Gasteiger charge is -2.23. The van der Waals surface area contributed by atoms with Crippen LogP contribution in [0, 0.1) is 23.1 Å². The molecule has 0 aromatic heterocycles. The third-order valence-corrected chi connectivity index (χ3v) is 3.75. The molecule has 0 bridgehead atoms. The van der Waals surface area contributed by atoms with E-state index in [4.69, 9.17) is 5.26 Å². The molecule has 2 rings (SSSR count). The van der Waals surface area contributed by atoms with Crippen LogP contribution in [0.1, 0.15) is 25.3 Å². The first-order valence-electron chi connectivity index (χ1n) is 6.98. The van der Waals surface area contributed by atoms with E-state index in [1.807, 2.05) is 6.07 Å². The van der Waals surface area contributed by atoms with Gasteiger partial charge in [0.05, 0.1) is 18.2 Å². The number of carbonyl (C=O) groups is 1. The number of halogens is 4. The zero-order valence-corrected chi connectivity index (χ0v) is 12.3. The molecule has 1 atom stereocenters. The lowest BCUT2D eigenvalue weighted by Crippen LogP contribution is -2.48. The molecule has 0 saturated heterocycles. The van der Waals surface area contributed by atoms with Gasteiger partial charge in [-0.25, -0.2) is 4.39 Å². The molecule has 1 aromatic carbocycles. The first-order chi connectivity index (χ1) is 10.7. The van der Waals surface area contributed by atoms with Gasteiger partial charge in [0.15, 0.2) is 0 Å². The van der Waals surface area contributed by atoms with Gasteiger partial charge in [-0.3, -0.25) is 4.79 Å². The van der Waals surface area contributed by atoms with Gasteiger partial charge in [0.25, 0.3) is 0 Å². The van der Waals surface area contributed by atoms with Gasteiger partial charge >= 0.3 is 6.18 Å². The molecule has 4 nitrogen and oxygen atoms in total. The molecular formula is C15H15F4N3O. The van der Waals surface area contributed by atoms with E-state index in [9.17, 15) is 22.4 Å². The highest BCUT2D eigenvalue weighted by molar-refractivity contribution is 5.82. The van der Waals surface area contributed by atoms with Crippen LogP contribution in [0.4, 0.5) is 23.2 Å². The van der Waals surface area contributed by atoms with E-state index in [0.29, 0.717) is 12.1 Å². The maximum Gasteiger partial charge on any atom is 0.419 e. The molecule has 8 heteroatoms. The molecule has 1 aliphatic carbocycles. The minimum Gasteiger partial charge on any atom is -0.376 e. The normalized spacial score (nSPS) is 17.0. The third-order valence-electron chi connectivity index (χ3n) is 3.75. The predicted octanol–water partition coefficient (Wildman–Crippen LogP) is 3.06. The Morgan fingerprint density at radius 2 is 2.04 bits per heavy atom. The van der Waals surface area contributed by atoms with Gasteiger partial charge in [0, 0.05) is 5.69 Å². The second-order valence-corrected chi connectivity index (χ2v) is 5.68. The number of alkyl halides is 3. The van der Waals surface area contributed by atoms with Crippen molar-refractivity contribution in [2.45, 2.75) is 31.5 Å². The Labute approximate surface area is 130 Å². The second-order valence-electron chi connectivity index (χ2n) is 5.68. The number of rotatable bonds is 5. The summed E-state index contributed by atoms with van der Waals surface area (Å²) < 4.78 is 51.0. The largest absolute Gasteiger partial charge is 0.419 e. The van der Waals surface area contributed by atoms with Crippen molar-refractivity contribution in [1.29, 1.82) is 5.26 Å². The Morgan fingerprint density at radius 1 is 1.39 bits per heavy atom. The molecule has 1 unspecified atom stereocenters. The lowest BCUT2D eigenvalue weighted by molar-refractivity contribution is -0.139. The topological polar surface area (TPSA) is 64.9 Å². The zero-order valence-electron chi connectivity index (χ0n) is 12.3. The molecule has 1 aliphatic rings. The Bertz CT molecular complexity index is 649. The fourth-order valence-electron chi connectivity index (χ4n) is 2.25. The molecule has 0 heterocycles. The Morgan fingerprint density at radius 3 is 2.57 bits per heavy atom. The first kappa shape index (κ1) is 17.1. The molecule has 2 N–H and O–H groups in total. The number of nitrogens with zero attached hydrogens (tertiary/aromatic N) is 1. The molecular weight excluding hydrogens is 314 g/mol. The van der Waals surface area contributed by atoms with Gasteiger partial charge in [-0.05, 0) is 43.9 Å². The van der Waals surface area contributed by atoms with Crippen molar-refractivity contribution in [3.05, 3.63) is 29.6 Å². The van der Waals surface area contributed by atoms with Crippen LogP contribution in [0.5, 0.6) is 0 Å². The fourth-order valence-corrected chi connectivity index (χ4v) is 2.25. The standard InChI is InChI=1S/C15H15F4N3O/c1-14(8-20,9-2-3-9)22-13(23)7-21-10-4-5-12(16)11(6-10)15(17,18)19/h4-6,9,21H,2-3,7H2,1H3,(H,22,23). The molecule has 0 aliphatic heterocycles. The monoisotopic (exact) mass is 329 g/mol. The molecule has 0 radical (unpaired) electrons. The SMILES string of the molecule is CC(C#N)(NC(=O)CNc1ccc(F)c(C(F)(F)F)c1)C1CC1. The summed E-state index contributed by atoms with van der Waals surface area (Å²) >= 11 is 0. The summed E-state index contributed by atoms with van der Waals surface area (Å²) in [6, 6.07) is 4.45. The van der Waals surface area contributed by atoms with Gasteiger partial charge in [-0.2, -0.15) is 18.4 Å². The first-order valence-corrected chi connectivity index (χ1v) is 6.98. The van der Waals surface area contributed by atoms with Crippen molar-refractivity contribution in [1.82, 2.24) is 5.32 Å². The van der Waals surface area contributed by atoms with Crippen molar-refractivity contribution < 1.29 is 22.4 Å². The summed E-state index contributed by atoms with van der Waals surface area (Å²) in [5.74, 6) is -1.80. The quantitative estimate of drug-likeness (QED) is 0.816. The Kier molecular flexibility index (Phi) is 4.50. The van der Waals surface area contributed by atoms with Crippen molar-refractivity contribution in [2.24, 2.45) is 5.92 Å². The van der Waals surface area contributed by atoms with Gasteiger partial charge in [0.2, 0.25) is 5.91 Å². The van der Waals surface area contributed by atoms with Crippen LogP contribution in [0.25, 0.3) is 0 Å². The van der Waals surface area contributed by atoms with E-state index >= 15 is 0 Å². The minimum absolute atomic E-state index is 0.0287. The van der Waals surface area contributed by atoms with Crippen molar-refractivity contribution in [2.75, 3.05) is 11.9 Å². The number of nitriles is 1. The van der Waals surface area contributed by atoms with E-state index in [1.54, 1.807) is 6.92 Å². The number of amides is 1. The summed E-state index contributed by atoms with van der Waals surface area (Å²) in [5, 5.41) is 14.2. The van der Waals surface area contributed by atoms with E-state index in [1.165, 1.54) is 0 Å². The summed E-state index contributed by atoms with van der Waals surface area (Å²) in [4.78, 5) is 11.9. The minimum atomic E-state index is -4.81. The number of hydrogen-bond acceptors (Lipinski definition) is 3. The van der Waals surface area contributed by atoms with Crippen LogP contribution in [-0.4, -0.2) is 18.0 Å². The van der Waals surface area contributed by atoms with Crippen LogP contribution >= 0.6 is 0 Å². The van der Waals surface area contributed by atoms with E-state index < -0.39 is 29.0 Å². The third kappa shape index (κ3) is 4.12. The number of hydrogen-bond donors (Lipinski definition) is 2. The van der Waals surface area contributed by atoms with Gasteiger partial charge in [0.1, 0.15) is 11.4 Å². The highest BCUT2D eigenvalue weighted by Crippen LogP contribution is 2.39. The molecule has 1 saturated carbocycles. The zero-order chi connectivity index (χ0) is 17.3. The number of nitrogens with one attached hydrogen (secondary N) is 2. The molecule has 1 fully saturated rings. The number of benzene rings is 1. The lowest BCUT2D eigenvalue weighted by atomic mass is 9.98. The van der Waals surface area contributed by atoms with Crippen molar-refractivity contribution in [3.63, 3.8) is 0 Å². The summed E-state index contributed by atoms with van der Waals surface area (Å²) in [6.45, 7) is 1.30. The van der Waals surface area contributed by atoms with Gasteiger partial charge < -0.3 is 10.6 Å². The summed E-state index contributed by atoms with van der Waals surface area (Å²) in [5.41, 5.74) is -2.40. The smallest absolute Gasteiger partial charge is 0.376 e. The van der Waals surface area contributed by atoms with Crippen LogP contribution in [0.3, 0.4) is 0 Å². The maximum absolute atomic E-state index is 13.2. The van der Waals surface area contributed by atoms with Crippen LogP contribution < -0.4 is 10.6 Å². The van der Waals surface area contributed by atoms with Gasteiger partial charge in [-0.1, -0.05) is 0 Å². The average Bonchev–Trinajstić information content (AvgIpc) is 3.30. The average molecular weight is 329 g/mol. The molecule has 1 aromatic rings. The molecule has 23 heavy (non-hydrogen) atoms. The highest BCUT2D eigenvalue weighted by Gasteiger charge is 2.43. The molecule has 0 spiro atoms. The van der Waals surface area contributed by atoms with Crippen molar-refractivity contribution in [3.8, 4) is 6.07 Å². The van der Waals surface area contributed by atoms with Crippen LogP contribution in [-0.2, 0) is 11.0 Å². The fraction of sp³-hybridized carbons (Fsp3) is 0.467. The Hall–Kier alpha value is -2.30. The molecule has 124 valence electrons. The van der Waals surface area contributed by atoms with E-state index in [2.05, 4.69) is 10.6 Å². The highest BCUT2D eigenvalue weighted by atomic mass is 19.4. The van der Waals surface area contributed by atoms with Gasteiger partial charge in [-0.15, -0.1) is 0 Å². The van der Waals surface area contributed by atoms with Crippen LogP contribution in [0.2, 0.25) is 0 Å². The maximum atomic E-state index is 13.2. The summed E-state index contributed by atoms with van der Waals surface area (Å²) in [6.07, 6.45) is -3.11. The van der Waals surface area contributed by atoms with E-state index in [0.717, 1.165) is 18.9 Å². The molecule has 1 amide bonds. The number of carbonyl (C=O) groups excluding carboxylic acids is 1. The van der Waals surface area contributed by atoms with Crippen LogP contribution in [0.15, 0.2) is 18.2 Å². The Balaban J connectivity index is 1.98. The predicted molar refractivity (Wildman–Crippen MR) is 74.8 cm³/mol. The van der Waals surface area contributed by atoms with E-state index in [-0.39, 0.29) is 18.2 Å². The number of anilines is 1. The second kappa shape index (κ2) is 6.07. The summed E-state index contributed by atoms with van der Waals surface area (Å²) in [7, 11) is 0.